The molecule has 0 aromatic rings. The Morgan fingerprint density at radius 1 is 1.28 bits per heavy atom. The average Bonchev–Trinajstić information content (AvgIpc) is 2.11. The summed E-state index contributed by atoms with van der Waals surface area (Å²) in [5.41, 5.74) is -0.611. The van der Waals surface area contributed by atoms with Crippen LogP contribution in [0.4, 0.5) is 0 Å². The molecule has 0 saturated heterocycles. The maximum absolute atomic E-state index is 10.8. The van der Waals surface area contributed by atoms with E-state index in [0.29, 0.717) is 6.54 Å². The average molecular weight is 277 g/mol. The van der Waals surface area contributed by atoms with Crippen LogP contribution in [0.15, 0.2) is 9.98 Å². The number of aliphatic imine (C=N–C) groups is 2. The van der Waals surface area contributed by atoms with E-state index in [1.807, 2.05) is 14.1 Å². The van der Waals surface area contributed by atoms with E-state index < -0.39 is 15.5 Å². The van der Waals surface area contributed by atoms with Gasteiger partial charge in [-0.15, -0.1) is 0 Å². The van der Waals surface area contributed by atoms with E-state index in [4.69, 9.17) is 4.55 Å². The van der Waals surface area contributed by atoms with Crippen LogP contribution in [0.3, 0.4) is 0 Å². The summed E-state index contributed by atoms with van der Waals surface area (Å²) >= 11 is 0. The van der Waals surface area contributed by atoms with Gasteiger partial charge in [0.15, 0.2) is 0 Å². The molecular formula is C11H23N3O3S. The Labute approximate surface area is 110 Å². The Bertz CT molecular complexity index is 396. The topological polar surface area (TPSA) is 82.3 Å². The van der Waals surface area contributed by atoms with Crippen LogP contribution in [0.1, 0.15) is 20.3 Å². The molecule has 0 saturated carbocycles. The Hall–Kier alpha value is -0.750. The summed E-state index contributed by atoms with van der Waals surface area (Å²) in [5.74, 6) is -0.314. The Morgan fingerprint density at radius 2 is 1.89 bits per heavy atom. The van der Waals surface area contributed by atoms with Crippen molar-refractivity contribution in [1.82, 2.24) is 4.90 Å². The quantitative estimate of drug-likeness (QED) is 0.408. The maximum Gasteiger partial charge on any atom is 0.265 e. The molecule has 0 bridgehead atoms. The van der Waals surface area contributed by atoms with Crippen molar-refractivity contribution in [2.75, 3.05) is 39.5 Å². The van der Waals surface area contributed by atoms with Gasteiger partial charge in [-0.05, 0) is 27.1 Å². The summed E-state index contributed by atoms with van der Waals surface area (Å²) in [5, 5.41) is 0. The van der Waals surface area contributed by atoms with Gasteiger partial charge in [-0.3, -0.25) is 4.55 Å². The maximum atomic E-state index is 10.8. The summed E-state index contributed by atoms with van der Waals surface area (Å²) in [7, 11) is 0.0248. The van der Waals surface area contributed by atoms with Crippen molar-refractivity contribution in [3.8, 4) is 0 Å². The molecule has 0 aliphatic carbocycles. The van der Waals surface area contributed by atoms with Crippen LogP contribution in [0.2, 0.25) is 0 Å². The molecule has 7 heteroatoms. The predicted molar refractivity (Wildman–Crippen MR) is 73.0 cm³/mol. The first-order chi connectivity index (χ1) is 8.12. The highest BCUT2D eigenvalue weighted by molar-refractivity contribution is 7.85. The predicted octanol–water partition coefficient (Wildman–Crippen LogP) is 1.03. The molecule has 0 aliphatic rings. The fourth-order valence-corrected chi connectivity index (χ4v) is 2.43. The number of hydrogen-bond acceptors (Lipinski definition) is 5. The van der Waals surface area contributed by atoms with Gasteiger partial charge in [0.1, 0.15) is 0 Å². The van der Waals surface area contributed by atoms with E-state index in [0.717, 1.165) is 13.0 Å². The van der Waals surface area contributed by atoms with Crippen LogP contribution in [0.25, 0.3) is 0 Å². The zero-order valence-corrected chi connectivity index (χ0v) is 12.4. The highest BCUT2D eigenvalue weighted by Crippen LogP contribution is 2.17. The van der Waals surface area contributed by atoms with E-state index in [1.165, 1.54) is 0 Å². The molecule has 0 radical (unpaired) electrons. The molecule has 1 N–H and O–H groups in total. The molecule has 0 unspecified atom stereocenters. The molecule has 0 aromatic heterocycles. The first-order valence-corrected chi connectivity index (χ1v) is 7.41. The van der Waals surface area contributed by atoms with E-state index >= 15 is 0 Å². The van der Waals surface area contributed by atoms with Crippen LogP contribution < -0.4 is 0 Å². The summed E-state index contributed by atoms with van der Waals surface area (Å²) in [4.78, 5) is 10.00. The molecule has 0 amide bonds. The lowest BCUT2D eigenvalue weighted by Crippen LogP contribution is -2.26. The third-order valence-corrected chi connectivity index (χ3v) is 3.24. The fraction of sp³-hybridized carbons (Fsp3) is 0.909. The van der Waals surface area contributed by atoms with Gasteiger partial charge < -0.3 is 4.90 Å². The van der Waals surface area contributed by atoms with Crippen LogP contribution in [0.5, 0.6) is 0 Å². The second-order valence-corrected chi connectivity index (χ2v) is 6.80. The van der Waals surface area contributed by atoms with Crippen LogP contribution >= 0.6 is 0 Å². The minimum Gasteiger partial charge on any atom is -0.309 e. The van der Waals surface area contributed by atoms with Gasteiger partial charge in [-0.1, -0.05) is 13.8 Å². The molecule has 0 aromatic carbocycles. The van der Waals surface area contributed by atoms with Crippen molar-refractivity contribution in [2.45, 2.75) is 20.3 Å². The van der Waals surface area contributed by atoms with E-state index in [2.05, 4.69) is 20.9 Å². The molecular weight excluding hydrogens is 254 g/mol. The zero-order valence-electron chi connectivity index (χ0n) is 11.5. The van der Waals surface area contributed by atoms with Crippen molar-refractivity contribution < 1.29 is 13.0 Å². The molecule has 0 heterocycles. The summed E-state index contributed by atoms with van der Waals surface area (Å²) in [6.45, 7) is 5.32. The Balaban J connectivity index is 4.03. The monoisotopic (exact) mass is 277 g/mol. The SMILES string of the molecule is CN(C)CCCN=C=NCC(C)(C)CS(=O)(=O)O. The van der Waals surface area contributed by atoms with Gasteiger partial charge in [0.05, 0.1) is 24.9 Å². The number of rotatable bonds is 8. The van der Waals surface area contributed by atoms with Crippen molar-refractivity contribution in [3.05, 3.63) is 0 Å². The van der Waals surface area contributed by atoms with E-state index in [-0.39, 0.29) is 12.3 Å². The van der Waals surface area contributed by atoms with Crippen molar-refractivity contribution in [2.24, 2.45) is 15.4 Å². The van der Waals surface area contributed by atoms with Crippen molar-refractivity contribution >= 4 is 16.1 Å². The highest BCUT2D eigenvalue weighted by Gasteiger charge is 2.24. The van der Waals surface area contributed by atoms with Crippen LogP contribution in [-0.2, 0) is 10.1 Å². The zero-order chi connectivity index (χ0) is 14.2. The third-order valence-electron chi connectivity index (χ3n) is 2.10. The lowest BCUT2D eigenvalue weighted by molar-refractivity contribution is 0.399. The second kappa shape index (κ2) is 7.63. The molecule has 0 rings (SSSR count). The van der Waals surface area contributed by atoms with E-state index in [9.17, 15) is 8.42 Å². The molecule has 0 aliphatic heterocycles. The Morgan fingerprint density at radius 3 is 2.39 bits per heavy atom. The molecule has 0 fully saturated rings. The summed E-state index contributed by atoms with van der Waals surface area (Å²) in [6.07, 6.45) is 0.934. The highest BCUT2D eigenvalue weighted by atomic mass is 32.2. The Kier molecular flexibility index (Phi) is 7.32. The third kappa shape index (κ3) is 11.7. The van der Waals surface area contributed by atoms with Crippen LogP contribution in [-0.4, -0.2) is 63.4 Å². The lowest BCUT2D eigenvalue weighted by atomic mass is 9.97. The number of hydrogen-bond donors (Lipinski definition) is 1. The lowest BCUT2D eigenvalue weighted by Gasteiger charge is -2.18. The molecule has 18 heavy (non-hydrogen) atoms. The molecule has 106 valence electrons. The van der Waals surface area contributed by atoms with Gasteiger partial charge in [-0.25, -0.2) is 9.98 Å². The summed E-state index contributed by atoms with van der Waals surface area (Å²) < 4.78 is 30.3. The molecule has 6 nitrogen and oxygen atoms in total. The van der Waals surface area contributed by atoms with Gasteiger partial charge in [0, 0.05) is 5.41 Å². The van der Waals surface area contributed by atoms with Gasteiger partial charge in [0.2, 0.25) is 0 Å². The first kappa shape index (κ1) is 17.2. The van der Waals surface area contributed by atoms with Gasteiger partial charge in [0.25, 0.3) is 10.1 Å². The molecule has 0 spiro atoms. The normalized spacial score (nSPS) is 12.3. The second-order valence-electron chi connectivity index (χ2n) is 5.35. The standard InChI is InChI=1S/C11H23N3O3S/c1-11(2,9-18(15,16)17)8-13-10-12-6-5-7-14(3)4/h5-9H2,1-4H3,(H,15,16,17). The van der Waals surface area contributed by atoms with Gasteiger partial charge in [-0.2, -0.15) is 8.42 Å². The van der Waals surface area contributed by atoms with Crippen LogP contribution in [0, 0.1) is 5.41 Å². The minimum atomic E-state index is -3.97. The fourth-order valence-electron chi connectivity index (χ4n) is 1.35. The van der Waals surface area contributed by atoms with Crippen molar-refractivity contribution in [1.29, 1.82) is 0 Å². The minimum absolute atomic E-state index is 0.268. The summed E-state index contributed by atoms with van der Waals surface area (Å²) in [6, 6.07) is 2.56. The smallest absolute Gasteiger partial charge is 0.265 e. The van der Waals surface area contributed by atoms with E-state index in [1.54, 1.807) is 13.8 Å². The molecule has 0 atom stereocenters. The number of nitrogens with zero attached hydrogens (tertiary/aromatic N) is 3. The van der Waals surface area contributed by atoms with Crippen molar-refractivity contribution in [3.63, 3.8) is 0 Å². The first-order valence-electron chi connectivity index (χ1n) is 5.80. The largest absolute Gasteiger partial charge is 0.309 e. The van der Waals surface area contributed by atoms with Gasteiger partial charge >= 0.3 is 0 Å².